The van der Waals surface area contributed by atoms with E-state index in [0.717, 1.165) is 41.9 Å². The van der Waals surface area contributed by atoms with Crippen LogP contribution in [-0.4, -0.2) is 61.4 Å². The Morgan fingerprint density at radius 3 is 3.23 bits per heavy atom. The lowest BCUT2D eigenvalue weighted by atomic mass is 10.2. The van der Waals surface area contributed by atoms with Gasteiger partial charge in [0, 0.05) is 33.4 Å². The van der Waals surface area contributed by atoms with E-state index >= 15 is 0 Å². The van der Waals surface area contributed by atoms with Crippen LogP contribution in [0.2, 0.25) is 0 Å². The number of hydrogen-bond acceptors (Lipinski definition) is 8. The van der Waals surface area contributed by atoms with Gasteiger partial charge in [-0.05, 0) is 19.3 Å². The van der Waals surface area contributed by atoms with Crippen molar-refractivity contribution in [2.45, 2.75) is 29.7 Å². The van der Waals surface area contributed by atoms with Crippen molar-refractivity contribution in [3.05, 3.63) is 0 Å². The molecule has 124 valence electrons. The SMILES string of the molecule is COCCCNC(=O)CSc1nnc(NCC2CCCO2)s1. The molecule has 9 heteroatoms. The molecule has 1 atom stereocenters. The highest BCUT2D eigenvalue weighted by atomic mass is 32.2. The van der Waals surface area contributed by atoms with E-state index in [9.17, 15) is 4.79 Å². The molecule has 1 aromatic rings. The number of carbonyl (C=O) groups excluding carboxylic acids is 1. The number of hydrogen-bond donors (Lipinski definition) is 2. The summed E-state index contributed by atoms with van der Waals surface area (Å²) < 4.78 is 11.3. The second-order valence-electron chi connectivity index (χ2n) is 4.87. The molecule has 0 spiro atoms. The molecular weight excluding hydrogens is 324 g/mol. The summed E-state index contributed by atoms with van der Waals surface area (Å²) in [7, 11) is 1.65. The van der Waals surface area contributed by atoms with E-state index in [4.69, 9.17) is 9.47 Å². The molecule has 2 heterocycles. The molecule has 0 radical (unpaired) electrons. The number of carbonyl (C=O) groups is 1. The van der Waals surface area contributed by atoms with Crippen LogP contribution in [-0.2, 0) is 14.3 Å². The zero-order valence-electron chi connectivity index (χ0n) is 12.7. The van der Waals surface area contributed by atoms with Crippen molar-refractivity contribution < 1.29 is 14.3 Å². The van der Waals surface area contributed by atoms with Gasteiger partial charge in [0.2, 0.25) is 11.0 Å². The van der Waals surface area contributed by atoms with Gasteiger partial charge in [0.25, 0.3) is 0 Å². The maximum atomic E-state index is 11.6. The van der Waals surface area contributed by atoms with Crippen LogP contribution >= 0.6 is 23.1 Å². The quantitative estimate of drug-likeness (QED) is 0.489. The van der Waals surface area contributed by atoms with Gasteiger partial charge in [-0.2, -0.15) is 0 Å². The van der Waals surface area contributed by atoms with Gasteiger partial charge >= 0.3 is 0 Å². The van der Waals surface area contributed by atoms with E-state index in [1.165, 1.54) is 23.1 Å². The third-order valence-electron chi connectivity index (χ3n) is 3.09. The number of methoxy groups -OCH3 is 1. The van der Waals surface area contributed by atoms with Gasteiger partial charge in [-0.15, -0.1) is 10.2 Å². The van der Waals surface area contributed by atoms with Gasteiger partial charge in [-0.1, -0.05) is 23.1 Å². The van der Waals surface area contributed by atoms with Crippen molar-refractivity contribution in [3.8, 4) is 0 Å². The first-order chi connectivity index (χ1) is 10.8. The lowest BCUT2D eigenvalue weighted by molar-refractivity contribution is -0.118. The summed E-state index contributed by atoms with van der Waals surface area (Å²) in [6.07, 6.45) is 3.32. The van der Waals surface area contributed by atoms with E-state index in [1.54, 1.807) is 7.11 Å². The topological polar surface area (TPSA) is 85.4 Å². The monoisotopic (exact) mass is 346 g/mol. The summed E-state index contributed by atoms with van der Waals surface area (Å²) in [6, 6.07) is 0. The molecule has 1 aliphatic heterocycles. The number of anilines is 1. The van der Waals surface area contributed by atoms with Crippen LogP contribution < -0.4 is 10.6 Å². The van der Waals surface area contributed by atoms with E-state index in [1.807, 2.05) is 0 Å². The highest BCUT2D eigenvalue weighted by Gasteiger charge is 2.16. The molecule has 1 aromatic heterocycles. The fraction of sp³-hybridized carbons (Fsp3) is 0.769. The zero-order valence-corrected chi connectivity index (χ0v) is 14.3. The first-order valence-corrected chi connectivity index (χ1v) is 9.15. The Hall–Kier alpha value is -0.900. The summed E-state index contributed by atoms with van der Waals surface area (Å²) in [5.74, 6) is 0.359. The van der Waals surface area contributed by atoms with Crippen LogP contribution in [0.15, 0.2) is 4.34 Å². The van der Waals surface area contributed by atoms with E-state index in [-0.39, 0.29) is 12.0 Å². The van der Waals surface area contributed by atoms with Crippen molar-refractivity contribution in [3.63, 3.8) is 0 Å². The van der Waals surface area contributed by atoms with Crippen molar-refractivity contribution >= 4 is 34.1 Å². The number of amides is 1. The Kier molecular flexibility index (Phi) is 7.92. The molecule has 22 heavy (non-hydrogen) atoms. The molecule has 1 aliphatic rings. The van der Waals surface area contributed by atoms with Crippen molar-refractivity contribution in [1.82, 2.24) is 15.5 Å². The number of nitrogens with zero attached hydrogens (tertiary/aromatic N) is 2. The number of thioether (sulfide) groups is 1. The normalized spacial score (nSPS) is 17.6. The number of aromatic nitrogens is 2. The van der Waals surface area contributed by atoms with Crippen molar-refractivity contribution in [1.29, 1.82) is 0 Å². The predicted molar refractivity (Wildman–Crippen MR) is 87.6 cm³/mol. The molecule has 1 unspecified atom stereocenters. The van der Waals surface area contributed by atoms with Crippen LogP contribution in [0.1, 0.15) is 19.3 Å². The maximum absolute atomic E-state index is 11.6. The van der Waals surface area contributed by atoms with Gasteiger partial charge in [-0.25, -0.2) is 0 Å². The second-order valence-corrected chi connectivity index (χ2v) is 7.07. The minimum absolute atomic E-state index is 0.00479. The highest BCUT2D eigenvalue weighted by molar-refractivity contribution is 8.01. The minimum atomic E-state index is 0.00479. The number of rotatable bonds is 10. The molecule has 1 fully saturated rings. The zero-order chi connectivity index (χ0) is 15.6. The average molecular weight is 346 g/mol. The third-order valence-corrected chi connectivity index (χ3v) is 5.10. The first kappa shape index (κ1) is 17.5. The van der Waals surface area contributed by atoms with Crippen LogP contribution in [0, 0.1) is 0 Å². The Labute approximate surface area is 138 Å². The molecule has 0 aliphatic carbocycles. The molecule has 1 amide bonds. The predicted octanol–water partition coefficient (Wildman–Crippen LogP) is 1.37. The molecule has 0 bridgehead atoms. The standard InChI is InChI=1S/C13H22N4O3S2/c1-19-6-3-5-14-11(18)9-21-13-17-16-12(22-13)15-8-10-4-2-7-20-10/h10H,2-9H2,1H3,(H,14,18)(H,15,16). The number of nitrogens with one attached hydrogen (secondary N) is 2. The summed E-state index contributed by atoms with van der Waals surface area (Å²) in [5, 5.41) is 15.0. The maximum Gasteiger partial charge on any atom is 0.230 e. The van der Waals surface area contributed by atoms with E-state index in [0.29, 0.717) is 18.9 Å². The van der Waals surface area contributed by atoms with Gasteiger partial charge in [0.15, 0.2) is 4.34 Å². The van der Waals surface area contributed by atoms with Crippen LogP contribution in [0.25, 0.3) is 0 Å². The average Bonchev–Trinajstić information content (AvgIpc) is 3.18. The van der Waals surface area contributed by atoms with Gasteiger partial charge in [0.1, 0.15) is 0 Å². The Morgan fingerprint density at radius 1 is 1.55 bits per heavy atom. The highest BCUT2D eigenvalue weighted by Crippen LogP contribution is 2.25. The molecule has 0 aromatic carbocycles. The smallest absolute Gasteiger partial charge is 0.230 e. The van der Waals surface area contributed by atoms with Crippen molar-refractivity contribution in [2.24, 2.45) is 0 Å². The van der Waals surface area contributed by atoms with Crippen LogP contribution in [0.3, 0.4) is 0 Å². The summed E-state index contributed by atoms with van der Waals surface area (Å²) in [6.45, 7) is 2.91. The Morgan fingerprint density at radius 2 is 2.45 bits per heavy atom. The molecule has 2 rings (SSSR count). The molecule has 7 nitrogen and oxygen atoms in total. The molecule has 1 saturated heterocycles. The van der Waals surface area contributed by atoms with Gasteiger partial charge in [0.05, 0.1) is 11.9 Å². The fourth-order valence-corrected chi connectivity index (χ4v) is 3.56. The Balaban J connectivity index is 1.60. The summed E-state index contributed by atoms with van der Waals surface area (Å²) in [5.41, 5.74) is 0. The van der Waals surface area contributed by atoms with Gasteiger partial charge < -0.3 is 20.1 Å². The minimum Gasteiger partial charge on any atom is -0.385 e. The van der Waals surface area contributed by atoms with Crippen LogP contribution in [0.5, 0.6) is 0 Å². The summed E-state index contributed by atoms with van der Waals surface area (Å²) in [4.78, 5) is 11.6. The first-order valence-electron chi connectivity index (χ1n) is 7.35. The molecular formula is C13H22N4O3S2. The largest absolute Gasteiger partial charge is 0.385 e. The fourth-order valence-electron chi connectivity index (χ4n) is 1.97. The molecule has 0 saturated carbocycles. The molecule has 2 N–H and O–H groups in total. The Bertz CT molecular complexity index is 452. The van der Waals surface area contributed by atoms with E-state index < -0.39 is 0 Å². The van der Waals surface area contributed by atoms with E-state index in [2.05, 4.69) is 20.8 Å². The van der Waals surface area contributed by atoms with Gasteiger partial charge in [-0.3, -0.25) is 4.79 Å². The lowest BCUT2D eigenvalue weighted by Crippen LogP contribution is -2.26. The lowest BCUT2D eigenvalue weighted by Gasteiger charge is -2.08. The number of ether oxygens (including phenoxy) is 2. The second kappa shape index (κ2) is 9.98. The van der Waals surface area contributed by atoms with Crippen LogP contribution in [0.4, 0.5) is 5.13 Å². The third kappa shape index (κ3) is 6.47. The van der Waals surface area contributed by atoms with Crippen molar-refractivity contribution in [2.75, 3.05) is 44.5 Å². The summed E-state index contributed by atoms with van der Waals surface area (Å²) >= 11 is 2.87.